The van der Waals surface area contributed by atoms with Gasteiger partial charge in [-0.25, -0.2) is 4.79 Å². The van der Waals surface area contributed by atoms with Crippen molar-refractivity contribution in [3.8, 4) is 5.75 Å². The van der Waals surface area contributed by atoms with E-state index in [2.05, 4.69) is 20.8 Å². The largest absolute Gasteiger partial charge is 0.508 e. The second kappa shape index (κ2) is 13.9. The second-order valence-electron chi connectivity index (χ2n) is 11.1. The molecule has 0 aliphatic heterocycles. The first-order valence-corrected chi connectivity index (χ1v) is 13.6. The number of ether oxygens (including phenoxy) is 1. The van der Waals surface area contributed by atoms with Crippen molar-refractivity contribution in [3.63, 3.8) is 0 Å². The fourth-order valence-electron chi connectivity index (χ4n) is 4.38. The zero-order valence-corrected chi connectivity index (χ0v) is 24.0. The molecule has 2 aromatic carbocycles. The van der Waals surface area contributed by atoms with Crippen LogP contribution in [0.1, 0.15) is 80.0 Å². The van der Waals surface area contributed by atoms with Crippen molar-refractivity contribution in [2.75, 3.05) is 6.54 Å². The third kappa shape index (κ3) is 9.68. The molecular formula is C30H41N5O5. The lowest BCUT2D eigenvalue weighted by atomic mass is 9.95. The van der Waals surface area contributed by atoms with Gasteiger partial charge in [-0.15, -0.1) is 0 Å². The third-order valence-electron chi connectivity index (χ3n) is 6.33. The first-order valence-electron chi connectivity index (χ1n) is 13.6. The van der Waals surface area contributed by atoms with Gasteiger partial charge in [0.1, 0.15) is 17.4 Å². The molecule has 0 fully saturated rings. The summed E-state index contributed by atoms with van der Waals surface area (Å²) < 4.78 is 10.8. The summed E-state index contributed by atoms with van der Waals surface area (Å²) in [6.07, 6.45) is 2.20. The van der Waals surface area contributed by atoms with Crippen LogP contribution in [0.15, 0.2) is 47.0 Å². The van der Waals surface area contributed by atoms with Crippen LogP contribution in [0.4, 0.5) is 4.79 Å². The number of phenols is 1. The van der Waals surface area contributed by atoms with Crippen molar-refractivity contribution in [3.05, 3.63) is 76.4 Å². The summed E-state index contributed by atoms with van der Waals surface area (Å²) in [4.78, 5) is 29.7. The number of nitrogens with two attached hydrogens (primary N) is 1. The van der Waals surface area contributed by atoms with Crippen molar-refractivity contribution in [1.82, 2.24) is 20.8 Å². The fourth-order valence-corrected chi connectivity index (χ4v) is 4.38. The summed E-state index contributed by atoms with van der Waals surface area (Å²) in [5, 5.41) is 19.7. The van der Waals surface area contributed by atoms with Gasteiger partial charge in [0.25, 0.3) is 0 Å². The highest BCUT2D eigenvalue weighted by Gasteiger charge is 2.25. The lowest BCUT2D eigenvalue weighted by Gasteiger charge is -2.20. The summed E-state index contributed by atoms with van der Waals surface area (Å²) in [5.74, 6) is 0.669. The minimum atomic E-state index is -0.815. The minimum absolute atomic E-state index is 0.181. The minimum Gasteiger partial charge on any atom is -0.508 e. The maximum absolute atomic E-state index is 13.2. The van der Waals surface area contributed by atoms with Crippen LogP contribution in [-0.2, 0) is 22.4 Å². The van der Waals surface area contributed by atoms with E-state index in [-0.39, 0.29) is 11.7 Å². The van der Waals surface area contributed by atoms with Gasteiger partial charge >= 0.3 is 6.09 Å². The average Bonchev–Trinajstić information content (AvgIpc) is 3.32. The van der Waals surface area contributed by atoms with E-state index in [4.69, 9.17) is 15.0 Å². The normalized spacial score (nSPS) is 12.9. The third-order valence-corrected chi connectivity index (χ3v) is 6.33. The zero-order valence-electron chi connectivity index (χ0n) is 24.0. The quantitative estimate of drug-likeness (QED) is 0.242. The van der Waals surface area contributed by atoms with E-state index in [1.54, 1.807) is 12.1 Å². The van der Waals surface area contributed by atoms with Crippen molar-refractivity contribution in [2.24, 2.45) is 5.73 Å². The fraction of sp³-hybridized carbons (Fsp3) is 0.467. The highest BCUT2D eigenvalue weighted by Crippen LogP contribution is 2.23. The Morgan fingerprint density at radius 1 is 1.10 bits per heavy atom. The van der Waals surface area contributed by atoms with Gasteiger partial charge in [-0.1, -0.05) is 35.5 Å². The monoisotopic (exact) mass is 551 g/mol. The van der Waals surface area contributed by atoms with Gasteiger partial charge < -0.3 is 30.7 Å². The van der Waals surface area contributed by atoms with Crippen LogP contribution in [0.3, 0.4) is 0 Å². The van der Waals surface area contributed by atoms with Crippen molar-refractivity contribution in [1.29, 1.82) is 0 Å². The Hall–Kier alpha value is -3.92. The first kappa shape index (κ1) is 30.6. The lowest BCUT2D eigenvalue weighted by Crippen LogP contribution is -2.44. The standard InChI is InChI=1S/C30H41N5O5/c1-19-15-22(36)16-20(2)23(19)18-24(31)27(37)33-25(13-9-10-14-32-29(38)39-30(3,4)5)28-34-26(35-40-28)17-21-11-7-6-8-12-21/h6-8,11-12,15-16,24-25,36H,9-10,13-14,17-18,31H2,1-5H3,(H,32,38)(H,33,37)/t24-,25-/m1/s1. The van der Waals surface area contributed by atoms with Crippen LogP contribution in [0, 0.1) is 13.8 Å². The number of nitrogens with zero attached hydrogens (tertiary/aromatic N) is 2. The summed E-state index contributed by atoms with van der Waals surface area (Å²) in [5.41, 5.74) is 9.47. The SMILES string of the molecule is Cc1cc(O)cc(C)c1C[C@@H](N)C(=O)N[C@H](CCCCNC(=O)OC(C)(C)C)c1nc(Cc2ccccc2)no1. The topological polar surface area (TPSA) is 153 Å². The van der Waals surface area contributed by atoms with Gasteiger partial charge in [0.15, 0.2) is 5.82 Å². The van der Waals surface area contributed by atoms with Gasteiger partial charge in [-0.3, -0.25) is 4.79 Å². The molecule has 0 spiro atoms. The number of hydrogen-bond acceptors (Lipinski definition) is 8. The van der Waals surface area contributed by atoms with E-state index < -0.39 is 23.8 Å². The van der Waals surface area contributed by atoms with Crippen LogP contribution < -0.4 is 16.4 Å². The predicted octanol–water partition coefficient (Wildman–Crippen LogP) is 4.41. The molecule has 5 N–H and O–H groups in total. The molecule has 10 heteroatoms. The predicted molar refractivity (Wildman–Crippen MR) is 152 cm³/mol. The Balaban J connectivity index is 1.65. The Labute approximate surface area is 235 Å². The average molecular weight is 552 g/mol. The van der Waals surface area contributed by atoms with Crippen LogP contribution in [0.5, 0.6) is 5.75 Å². The van der Waals surface area contributed by atoms with E-state index in [0.717, 1.165) is 22.3 Å². The molecule has 0 radical (unpaired) electrons. The number of rotatable bonds is 12. The Kier molecular flexibility index (Phi) is 10.7. The van der Waals surface area contributed by atoms with Crippen molar-refractivity contribution in [2.45, 2.75) is 84.4 Å². The molecule has 2 atom stereocenters. The molecule has 216 valence electrons. The molecular weight excluding hydrogens is 510 g/mol. The Bertz CT molecular complexity index is 1250. The van der Waals surface area contributed by atoms with Crippen molar-refractivity contribution >= 4 is 12.0 Å². The highest BCUT2D eigenvalue weighted by atomic mass is 16.6. The van der Waals surface area contributed by atoms with Crippen LogP contribution in [0.2, 0.25) is 0 Å². The van der Waals surface area contributed by atoms with E-state index in [1.165, 1.54) is 0 Å². The molecule has 0 aliphatic carbocycles. The zero-order chi connectivity index (χ0) is 29.3. The number of hydrogen-bond donors (Lipinski definition) is 4. The van der Waals surface area contributed by atoms with Crippen LogP contribution >= 0.6 is 0 Å². The number of aromatic hydroxyl groups is 1. The molecule has 2 amide bonds. The van der Waals surface area contributed by atoms with Gasteiger partial charge in [0.05, 0.1) is 6.04 Å². The van der Waals surface area contributed by atoms with Gasteiger partial charge in [-0.05, 0) is 94.7 Å². The summed E-state index contributed by atoms with van der Waals surface area (Å²) in [6.45, 7) is 9.63. The number of carbonyl (C=O) groups excluding carboxylic acids is 2. The maximum Gasteiger partial charge on any atom is 0.407 e. The number of phenolic OH excluding ortho intramolecular Hbond substituents is 1. The summed E-state index contributed by atoms with van der Waals surface area (Å²) >= 11 is 0. The number of alkyl carbamates (subject to hydrolysis) is 1. The summed E-state index contributed by atoms with van der Waals surface area (Å²) in [6, 6.07) is 11.8. The number of benzene rings is 2. The summed E-state index contributed by atoms with van der Waals surface area (Å²) in [7, 11) is 0. The lowest BCUT2D eigenvalue weighted by molar-refractivity contribution is -0.123. The number of aryl methyl sites for hydroxylation is 2. The molecule has 1 aromatic heterocycles. The van der Waals surface area contributed by atoms with Gasteiger partial charge in [-0.2, -0.15) is 4.98 Å². The molecule has 1 heterocycles. The Morgan fingerprint density at radius 2 is 1.77 bits per heavy atom. The molecule has 0 unspecified atom stereocenters. The van der Waals surface area contributed by atoms with E-state index in [9.17, 15) is 14.7 Å². The highest BCUT2D eigenvalue weighted by molar-refractivity contribution is 5.82. The van der Waals surface area contributed by atoms with E-state index in [1.807, 2.05) is 65.0 Å². The molecule has 3 aromatic rings. The molecule has 0 saturated heterocycles. The number of unbranched alkanes of at least 4 members (excludes halogenated alkanes) is 1. The molecule has 0 saturated carbocycles. The number of aromatic nitrogens is 2. The van der Waals surface area contributed by atoms with Crippen LogP contribution in [-0.4, -0.2) is 45.4 Å². The first-order chi connectivity index (χ1) is 18.9. The number of carbonyl (C=O) groups is 2. The maximum atomic E-state index is 13.2. The number of amides is 2. The van der Waals surface area contributed by atoms with E-state index in [0.29, 0.717) is 50.4 Å². The van der Waals surface area contributed by atoms with Gasteiger partial charge in [0.2, 0.25) is 11.8 Å². The van der Waals surface area contributed by atoms with E-state index >= 15 is 0 Å². The molecule has 10 nitrogen and oxygen atoms in total. The molecule has 3 rings (SSSR count). The second-order valence-corrected chi connectivity index (χ2v) is 11.1. The van der Waals surface area contributed by atoms with Crippen LogP contribution in [0.25, 0.3) is 0 Å². The van der Waals surface area contributed by atoms with Gasteiger partial charge in [0, 0.05) is 13.0 Å². The van der Waals surface area contributed by atoms with Crippen molar-refractivity contribution < 1.29 is 24.0 Å². The number of nitrogens with one attached hydrogen (secondary N) is 2. The molecule has 0 aliphatic rings. The molecule has 40 heavy (non-hydrogen) atoms. The molecule has 0 bridgehead atoms. The smallest absolute Gasteiger partial charge is 0.407 e. The Morgan fingerprint density at radius 3 is 2.42 bits per heavy atom.